The van der Waals surface area contributed by atoms with Crippen LogP contribution in [0.2, 0.25) is 0 Å². The molecule has 2 aliphatic rings. The number of rotatable bonds is 3. The zero-order valence-electron chi connectivity index (χ0n) is 12.5. The summed E-state index contributed by atoms with van der Waals surface area (Å²) in [7, 11) is 0. The Balaban J connectivity index is 1.63. The lowest BCUT2D eigenvalue weighted by Crippen LogP contribution is -2.62. The highest BCUT2D eigenvalue weighted by atomic mass is 16.5. The van der Waals surface area contributed by atoms with Crippen molar-refractivity contribution < 1.29 is 19.2 Å². The van der Waals surface area contributed by atoms with Crippen LogP contribution < -0.4 is 0 Å². The molecule has 1 N–H and O–H groups in total. The molecule has 0 radical (unpaired) electrons. The highest BCUT2D eigenvalue weighted by Gasteiger charge is 2.56. The van der Waals surface area contributed by atoms with Crippen LogP contribution in [0, 0.1) is 12.3 Å². The number of carbonyl (C=O) groups excluding carboxylic acids is 1. The molecule has 1 saturated heterocycles. The molecule has 3 rings (SSSR count). The molecule has 2 fully saturated rings. The van der Waals surface area contributed by atoms with E-state index in [9.17, 15) is 9.90 Å². The largest absolute Gasteiger partial charge is 0.392 e. The second kappa shape index (κ2) is 5.42. The van der Waals surface area contributed by atoms with E-state index < -0.39 is 0 Å². The number of aliphatic hydroxyl groups excluding tert-OH is 1. The van der Waals surface area contributed by atoms with Crippen LogP contribution in [0.4, 0.5) is 0 Å². The van der Waals surface area contributed by atoms with E-state index in [4.69, 9.17) is 9.26 Å². The molecule has 21 heavy (non-hydrogen) atoms. The standard InChI is InChI=1S/C15H22N2O4/c1-3-20-13-9-12(18)15(13)4-6-17(7-5-15)14(19)11-8-10(2)21-16-11/h8,12-13,18H,3-7,9H2,1-2H3/t12-,13+/m0/s1. The van der Waals surface area contributed by atoms with Gasteiger partial charge in [-0.25, -0.2) is 0 Å². The third-order valence-electron chi connectivity index (χ3n) is 4.94. The third-order valence-corrected chi connectivity index (χ3v) is 4.94. The molecule has 1 aromatic rings. The van der Waals surface area contributed by atoms with Gasteiger partial charge in [-0.3, -0.25) is 4.79 Å². The van der Waals surface area contributed by atoms with Crippen molar-refractivity contribution in [3.63, 3.8) is 0 Å². The minimum absolute atomic E-state index is 0.0940. The molecule has 1 saturated carbocycles. The van der Waals surface area contributed by atoms with E-state index in [1.165, 1.54) is 0 Å². The molecule has 1 amide bonds. The van der Waals surface area contributed by atoms with Gasteiger partial charge in [0.1, 0.15) is 5.76 Å². The first-order valence-electron chi connectivity index (χ1n) is 7.59. The Hall–Kier alpha value is -1.40. The van der Waals surface area contributed by atoms with E-state index in [-0.39, 0.29) is 23.5 Å². The fourth-order valence-corrected chi connectivity index (χ4v) is 3.57. The lowest BCUT2D eigenvalue weighted by molar-refractivity contribution is -0.207. The van der Waals surface area contributed by atoms with E-state index in [1.807, 2.05) is 6.92 Å². The van der Waals surface area contributed by atoms with Crippen LogP contribution in [-0.4, -0.2) is 53.0 Å². The predicted octanol–water partition coefficient (Wildman–Crippen LogP) is 1.38. The van der Waals surface area contributed by atoms with Gasteiger partial charge in [0.2, 0.25) is 0 Å². The Kier molecular flexibility index (Phi) is 3.75. The second-order valence-electron chi connectivity index (χ2n) is 6.04. The van der Waals surface area contributed by atoms with Gasteiger partial charge in [-0.05, 0) is 26.7 Å². The number of aryl methyl sites for hydroxylation is 1. The summed E-state index contributed by atoms with van der Waals surface area (Å²) in [5, 5.41) is 13.9. The zero-order chi connectivity index (χ0) is 15.0. The molecule has 6 nitrogen and oxygen atoms in total. The Morgan fingerprint density at radius 2 is 2.29 bits per heavy atom. The normalized spacial score (nSPS) is 27.7. The van der Waals surface area contributed by atoms with Crippen LogP contribution in [0.5, 0.6) is 0 Å². The smallest absolute Gasteiger partial charge is 0.276 e. The number of hydrogen-bond acceptors (Lipinski definition) is 5. The molecular formula is C15H22N2O4. The fraction of sp³-hybridized carbons (Fsp3) is 0.733. The summed E-state index contributed by atoms with van der Waals surface area (Å²) in [6, 6.07) is 1.66. The summed E-state index contributed by atoms with van der Waals surface area (Å²) >= 11 is 0. The van der Waals surface area contributed by atoms with E-state index in [0.29, 0.717) is 37.6 Å². The summed E-state index contributed by atoms with van der Waals surface area (Å²) in [6.45, 7) is 5.67. The van der Waals surface area contributed by atoms with Crippen molar-refractivity contribution in [3.05, 3.63) is 17.5 Å². The van der Waals surface area contributed by atoms with E-state index in [2.05, 4.69) is 5.16 Å². The molecule has 0 unspecified atom stereocenters. The van der Waals surface area contributed by atoms with Crippen LogP contribution in [-0.2, 0) is 4.74 Å². The maximum Gasteiger partial charge on any atom is 0.276 e. The number of ether oxygens (including phenoxy) is 1. The minimum atomic E-state index is -0.305. The number of carbonyl (C=O) groups is 1. The Labute approximate surface area is 124 Å². The topological polar surface area (TPSA) is 75.8 Å². The van der Waals surface area contributed by atoms with Crippen LogP contribution in [0.15, 0.2) is 10.6 Å². The van der Waals surface area contributed by atoms with Crippen LogP contribution in [0.3, 0.4) is 0 Å². The first-order valence-corrected chi connectivity index (χ1v) is 7.59. The molecule has 1 aliphatic carbocycles. The van der Waals surface area contributed by atoms with Gasteiger partial charge in [0, 0.05) is 37.6 Å². The van der Waals surface area contributed by atoms with Crippen LogP contribution in [0.25, 0.3) is 0 Å². The first kappa shape index (κ1) is 14.5. The number of amides is 1. The lowest BCUT2D eigenvalue weighted by Gasteiger charge is -2.56. The van der Waals surface area contributed by atoms with Crippen LogP contribution in [0.1, 0.15) is 42.4 Å². The SMILES string of the molecule is CCO[C@@H]1C[C@H](O)C12CCN(C(=O)c1cc(C)on1)CC2. The highest BCUT2D eigenvalue weighted by molar-refractivity contribution is 5.92. The molecule has 6 heteroatoms. The fourth-order valence-electron chi connectivity index (χ4n) is 3.57. The van der Waals surface area contributed by atoms with Crippen molar-refractivity contribution in [2.24, 2.45) is 5.41 Å². The van der Waals surface area contributed by atoms with Gasteiger partial charge >= 0.3 is 0 Å². The summed E-state index contributed by atoms with van der Waals surface area (Å²) in [5.74, 6) is 0.543. The number of hydrogen-bond donors (Lipinski definition) is 1. The third kappa shape index (κ3) is 2.36. The quantitative estimate of drug-likeness (QED) is 0.911. The van der Waals surface area contributed by atoms with E-state index in [1.54, 1.807) is 17.9 Å². The Morgan fingerprint density at radius 3 is 2.81 bits per heavy atom. The van der Waals surface area contributed by atoms with Gasteiger partial charge in [-0.1, -0.05) is 5.16 Å². The highest BCUT2D eigenvalue weighted by Crippen LogP contribution is 2.51. The zero-order valence-corrected chi connectivity index (χ0v) is 12.5. The van der Waals surface area contributed by atoms with Crippen molar-refractivity contribution in [1.82, 2.24) is 10.1 Å². The number of piperidine rings is 1. The summed E-state index contributed by atoms with van der Waals surface area (Å²) in [4.78, 5) is 14.1. The predicted molar refractivity (Wildman–Crippen MR) is 74.8 cm³/mol. The first-order chi connectivity index (χ1) is 10.1. The number of likely N-dealkylation sites (tertiary alicyclic amines) is 1. The molecule has 0 bridgehead atoms. The van der Waals surface area contributed by atoms with Gasteiger partial charge in [0.15, 0.2) is 5.69 Å². The molecule has 1 spiro atoms. The van der Waals surface area contributed by atoms with Crippen molar-refractivity contribution in [2.45, 2.75) is 45.3 Å². The average Bonchev–Trinajstić information content (AvgIpc) is 2.93. The molecule has 0 aromatic carbocycles. The maximum absolute atomic E-state index is 12.3. The van der Waals surface area contributed by atoms with E-state index in [0.717, 1.165) is 12.8 Å². The van der Waals surface area contributed by atoms with Crippen molar-refractivity contribution in [1.29, 1.82) is 0 Å². The van der Waals surface area contributed by atoms with Crippen LogP contribution >= 0.6 is 0 Å². The molecule has 1 aliphatic heterocycles. The van der Waals surface area contributed by atoms with E-state index >= 15 is 0 Å². The Morgan fingerprint density at radius 1 is 1.57 bits per heavy atom. The summed E-state index contributed by atoms with van der Waals surface area (Å²) in [6.07, 6.45) is 2.09. The number of aromatic nitrogens is 1. The second-order valence-corrected chi connectivity index (χ2v) is 6.04. The van der Waals surface area contributed by atoms with Gasteiger partial charge < -0.3 is 19.3 Å². The van der Waals surface area contributed by atoms with Gasteiger partial charge in [0.25, 0.3) is 5.91 Å². The van der Waals surface area contributed by atoms with Crippen molar-refractivity contribution in [3.8, 4) is 0 Å². The lowest BCUT2D eigenvalue weighted by atomic mass is 9.58. The van der Waals surface area contributed by atoms with Crippen molar-refractivity contribution >= 4 is 5.91 Å². The molecule has 1 aromatic heterocycles. The number of aliphatic hydroxyl groups is 1. The monoisotopic (exact) mass is 294 g/mol. The van der Waals surface area contributed by atoms with Gasteiger partial charge in [-0.15, -0.1) is 0 Å². The average molecular weight is 294 g/mol. The molecule has 2 heterocycles. The minimum Gasteiger partial charge on any atom is -0.392 e. The summed E-state index contributed by atoms with van der Waals surface area (Å²) in [5.41, 5.74) is 0.200. The van der Waals surface area contributed by atoms with Gasteiger partial charge in [-0.2, -0.15) is 0 Å². The molecule has 116 valence electrons. The van der Waals surface area contributed by atoms with Gasteiger partial charge in [0.05, 0.1) is 12.2 Å². The Bertz CT molecular complexity index is 517. The van der Waals surface area contributed by atoms with Crippen molar-refractivity contribution in [2.75, 3.05) is 19.7 Å². The molecule has 2 atom stereocenters. The molecular weight excluding hydrogens is 272 g/mol. The summed E-state index contributed by atoms with van der Waals surface area (Å²) < 4.78 is 10.7. The number of nitrogens with zero attached hydrogens (tertiary/aromatic N) is 2. The maximum atomic E-state index is 12.3.